The molecule has 0 atom stereocenters. The third-order valence-electron chi connectivity index (χ3n) is 2.66. The number of nitrogens with one attached hydrogen (secondary N) is 1. The molecule has 1 N–H and O–H groups in total. The van der Waals surface area contributed by atoms with Crippen LogP contribution in [0.2, 0.25) is 0 Å². The van der Waals surface area contributed by atoms with Crippen LogP contribution in [0.15, 0.2) is 30.3 Å². The van der Waals surface area contributed by atoms with Crippen molar-refractivity contribution in [3.63, 3.8) is 0 Å². The number of carbonyl (C=O) groups is 3. The smallest absolute Gasteiger partial charge is 0.320 e. The number of ketones is 1. The fourth-order valence-corrected chi connectivity index (χ4v) is 1.68. The molecule has 6 heteroatoms. The van der Waals surface area contributed by atoms with Gasteiger partial charge in [0.05, 0.1) is 13.0 Å². The van der Waals surface area contributed by atoms with Gasteiger partial charge in [-0.2, -0.15) is 0 Å². The Balaban J connectivity index is 2.15. The van der Waals surface area contributed by atoms with Crippen LogP contribution in [0.5, 0.6) is 0 Å². The number of esters is 2. The van der Waals surface area contributed by atoms with Gasteiger partial charge in [-0.15, -0.1) is 0 Å². The highest BCUT2D eigenvalue weighted by Crippen LogP contribution is 2.06. The van der Waals surface area contributed by atoms with Crippen LogP contribution >= 0.6 is 0 Å². The summed E-state index contributed by atoms with van der Waals surface area (Å²) in [6.45, 7) is 5.37. The number of ether oxygens (including phenoxy) is 2. The van der Waals surface area contributed by atoms with E-state index in [1.807, 2.05) is 0 Å². The highest BCUT2D eigenvalue weighted by atomic mass is 16.6. The minimum absolute atomic E-state index is 0.0213. The van der Waals surface area contributed by atoms with Crippen LogP contribution in [0.1, 0.15) is 37.6 Å². The summed E-state index contributed by atoms with van der Waals surface area (Å²) in [5.74, 6) is -1.13. The topological polar surface area (TPSA) is 81.7 Å². The van der Waals surface area contributed by atoms with E-state index in [4.69, 9.17) is 9.47 Å². The Kier molecular flexibility index (Phi) is 7.41. The largest absolute Gasteiger partial charge is 0.459 e. The summed E-state index contributed by atoms with van der Waals surface area (Å²) >= 11 is 0. The first-order chi connectivity index (χ1) is 10.8. The molecule has 1 aromatic rings. The number of hydrogen-bond donors (Lipinski definition) is 1. The molecule has 6 nitrogen and oxygen atoms in total. The summed E-state index contributed by atoms with van der Waals surface area (Å²) in [4.78, 5) is 34.7. The predicted molar refractivity (Wildman–Crippen MR) is 85.1 cm³/mol. The molecule has 0 aromatic heterocycles. The van der Waals surface area contributed by atoms with Gasteiger partial charge in [0.2, 0.25) is 0 Å². The third-order valence-corrected chi connectivity index (χ3v) is 2.66. The van der Waals surface area contributed by atoms with Crippen molar-refractivity contribution in [2.75, 3.05) is 19.7 Å². The molecule has 0 radical (unpaired) electrons. The van der Waals surface area contributed by atoms with Gasteiger partial charge >= 0.3 is 11.9 Å². The van der Waals surface area contributed by atoms with Crippen LogP contribution in [-0.2, 0) is 19.1 Å². The van der Waals surface area contributed by atoms with Crippen molar-refractivity contribution < 1.29 is 23.9 Å². The first kappa shape index (κ1) is 18.8. The molecular formula is C17H23NO5. The molecule has 0 saturated heterocycles. The van der Waals surface area contributed by atoms with Crippen molar-refractivity contribution in [3.8, 4) is 0 Å². The molecule has 0 bridgehead atoms. The van der Waals surface area contributed by atoms with Gasteiger partial charge in [-0.3, -0.25) is 14.4 Å². The van der Waals surface area contributed by atoms with Crippen LogP contribution in [-0.4, -0.2) is 43.0 Å². The zero-order valence-electron chi connectivity index (χ0n) is 13.8. The average molecular weight is 321 g/mol. The lowest BCUT2D eigenvalue weighted by Crippen LogP contribution is -2.32. The summed E-state index contributed by atoms with van der Waals surface area (Å²) in [7, 11) is 0. The van der Waals surface area contributed by atoms with E-state index >= 15 is 0 Å². The molecule has 0 aliphatic carbocycles. The zero-order valence-corrected chi connectivity index (χ0v) is 13.8. The second-order valence-corrected chi connectivity index (χ2v) is 5.96. The Morgan fingerprint density at radius 1 is 1.04 bits per heavy atom. The van der Waals surface area contributed by atoms with E-state index in [1.165, 1.54) is 0 Å². The monoisotopic (exact) mass is 321 g/mol. The van der Waals surface area contributed by atoms with E-state index < -0.39 is 11.6 Å². The highest BCUT2D eigenvalue weighted by Gasteiger charge is 2.15. The summed E-state index contributed by atoms with van der Waals surface area (Å²) in [5.41, 5.74) is -0.0291. The van der Waals surface area contributed by atoms with Crippen LogP contribution in [0, 0.1) is 0 Å². The minimum Gasteiger partial charge on any atom is -0.459 e. The number of rotatable bonds is 8. The normalized spacial score (nSPS) is 10.9. The van der Waals surface area contributed by atoms with E-state index in [0.717, 1.165) is 0 Å². The number of benzene rings is 1. The first-order valence-corrected chi connectivity index (χ1v) is 7.44. The SMILES string of the molecule is CC(C)(C)OC(=O)CNCCC(=O)OCC(=O)c1ccccc1. The van der Waals surface area contributed by atoms with Crippen molar-refractivity contribution in [1.82, 2.24) is 5.32 Å². The molecule has 0 aliphatic heterocycles. The van der Waals surface area contributed by atoms with Crippen molar-refractivity contribution in [3.05, 3.63) is 35.9 Å². The van der Waals surface area contributed by atoms with E-state index in [9.17, 15) is 14.4 Å². The molecule has 1 aromatic carbocycles. The lowest BCUT2D eigenvalue weighted by atomic mass is 10.1. The average Bonchev–Trinajstić information content (AvgIpc) is 2.48. The number of hydrogen-bond acceptors (Lipinski definition) is 6. The molecule has 0 fully saturated rings. The Morgan fingerprint density at radius 2 is 1.70 bits per heavy atom. The van der Waals surface area contributed by atoms with Gasteiger partial charge in [0, 0.05) is 12.1 Å². The Labute approximate surface area is 136 Å². The number of carbonyl (C=O) groups excluding carboxylic acids is 3. The van der Waals surface area contributed by atoms with Crippen molar-refractivity contribution in [2.24, 2.45) is 0 Å². The Morgan fingerprint density at radius 3 is 2.30 bits per heavy atom. The zero-order chi connectivity index (χ0) is 17.3. The minimum atomic E-state index is -0.532. The van der Waals surface area contributed by atoms with Gasteiger partial charge < -0.3 is 14.8 Å². The molecule has 23 heavy (non-hydrogen) atoms. The van der Waals surface area contributed by atoms with Crippen molar-refractivity contribution >= 4 is 17.7 Å². The quantitative estimate of drug-likeness (QED) is 0.446. The summed E-state index contributed by atoms with van der Waals surface area (Å²) < 4.78 is 10.0. The number of Topliss-reactive ketones (excluding diaryl/α,β-unsaturated/α-hetero) is 1. The van der Waals surface area contributed by atoms with Gasteiger partial charge in [-0.25, -0.2) is 0 Å². The van der Waals surface area contributed by atoms with Crippen molar-refractivity contribution in [2.45, 2.75) is 32.8 Å². The molecule has 1 rings (SSSR count). The second kappa shape index (κ2) is 9.05. The van der Waals surface area contributed by atoms with E-state index in [-0.39, 0.29) is 37.9 Å². The molecule has 0 spiro atoms. The highest BCUT2D eigenvalue weighted by molar-refractivity contribution is 5.97. The predicted octanol–water partition coefficient (Wildman–Crippen LogP) is 1.73. The Bertz CT molecular complexity index is 534. The molecule has 0 amide bonds. The van der Waals surface area contributed by atoms with Gasteiger partial charge in [-0.1, -0.05) is 30.3 Å². The third kappa shape index (κ3) is 8.73. The lowest BCUT2D eigenvalue weighted by molar-refractivity contribution is -0.154. The summed E-state index contributed by atoms with van der Waals surface area (Å²) in [6, 6.07) is 8.63. The van der Waals surface area contributed by atoms with E-state index in [0.29, 0.717) is 5.56 Å². The van der Waals surface area contributed by atoms with Gasteiger partial charge in [0.15, 0.2) is 12.4 Å². The van der Waals surface area contributed by atoms with Crippen LogP contribution < -0.4 is 5.32 Å². The summed E-state index contributed by atoms with van der Waals surface area (Å²) in [6.07, 6.45) is 0.0743. The van der Waals surface area contributed by atoms with Gasteiger partial charge in [0.1, 0.15) is 5.60 Å². The first-order valence-electron chi connectivity index (χ1n) is 7.44. The van der Waals surface area contributed by atoms with E-state index in [2.05, 4.69) is 5.32 Å². The molecule has 0 aliphatic rings. The maximum Gasteiger partial charge on any atom is 0.320 e. The molecular weight excluding hydrogens is 298 g/mol. The fraction of sp³-hybridized carbons (Fsp3) is 0.471. The second-order valence-electron chi connectivity index (χ2n) is 5.96. The van der Waals surface area contributed by atoms with Gasteiger partial charge in [0.25, 0.3) is 0 Å². The van der Waals surface area contributed by atoms with Crippen LogP contribution in [0.25, 0.3) is 0 Å². The van der Waals surface area contributed by atoms with Crippen molar-refractivity contribution in [1.29, 1.82) is 0 Å². The maximum atomic E-state index is 11.7. The maximum absolute atomic E-state index is 11.7. The fourth-order valence-electron chi connectivity index (χ4n) is 1.68. The van der Waals surface area contributed by atoms with Crippen LogP contribution in [0.4, 0.5) is 0 Å². The van der Waals surface area contributed by atoms with E-state index in [1.54, 1.807) is 51.1 Å². The van der Waals surface area contributed by atoms with Crippen LogP contribution in [0.3, 0.4) is 0 Å². The van der Waals surface area contributed by atoms with Gasteiger partial charge in [-0.05, 0) is 20.8 Å². The molecule has 0 unspecified atom stereocenters. The molecule has 126 valence electrons. The Hall–Kier alpha value is -2.21. The standard InChI is InChI=1S/C17H23NO5/c1-17(2,3)23-16(21)11-18-10-9-15(20)22-12-14(19)13-7-5-4-6-8-13/h4-8,18H,9-12H2,1-3H3. The lowest BCUT2D eigenvalue weighted by Gasteiger charge is -2.19. The summed E-state index contributed by atoms with van der Waals surface area (Å²) in [5, 5.41) is 2.80. The molecule has 0 heterocycles. The molecule has 0 saturated carbocycles.